The van der Waals surface area contributed by atoms with Gasteiger partial charge in [0.25, 0.3) is 5.91 Å². The molecule has 1 aliphatic heterocycles. The van der Waals surface area contributed by atoms with E-state index >= 15 is 0 Å². The van der Waals surface area contributed by atoms with Crippen molar-refractivity contribution < 1.29 is 33.4 Å². The summed E-state index contributed by atoms with van der Waals surface area (Å²) in [5.74, 6) is -1.28. The topological polar surface area (TPSA) is 111 Å². The van der Waals surface area contributed by atoms with Crippen LogP contribution in [0.4, 0.5) is 11.4 Å². The number of benzene rings is 2. The van der Waals surface area contributed by atoms with E-state index in [9.17, 15) is 19.2 Å². The van der Waals surface area contributed by atoms with Crippen molar-refractivity contribution in [1.29, 1.82) is 0 Å². The Labute approximate surface area is 185 Å². The van der Waals surface area contributed by atoms with Gasteiger partial charge in [-0.2, -0.15) is 0 Å². The lowest BCUT2D eigenvalue weighted by molar-refractivity contribution is -0.151. The summed E-state index contributed by atoms with van der Waals surface area (Å²) in [7, 11) is 3.00. The number of rotatable bonds is 8. The number of ether oxygens (including phenoxy) is 3. The largest absolute Gasteiger partial charge is 0.497 e. The summed E-state index contributed by atoms with van der Waals surface area (Å²) in [6, 6.07) is 11.5. The first-order valence-corrected chi connectivity index (χ1v) is 9.92. The van der Waals surface area contributed by atoms with Crippen LogP contribution in [0.25, 0.3) is 0 Å². The van der Waals surface area contributed by atoms with Gasteiger partial charge < -0.3 is 24.4 Å². The van der Waals surface area contributed by atoms with Crippen LogP contribution in [-0.2, 0) is 19.1 Å². The van der Waals surface area contributed by atoms with E-state index in [2.05, 4.69) is 5.32 Å². The van der Waals surface area contributed by atoms with Crippen LogP contribution in [0.5, 0.6) is 11.5 Å². The molecule has 1 atom stereocenters. The van der Waals surface area contributed by atoms with Gasteiger partial charge in [0.15, 0.2) is 12.4 Å². The maximum atomic E-state index is 12.5. The van der Waals surface area contributed by atoms with Crippen molar-refractivity contribution in [3.63, 3.8) is 0 Å². The Morgan fingerprint density at radius 2 is 1.88 bits per heavy atom. The molecule has 9 heteroatoms. The molecule has 0 aromatic heterocycles. The van der Waals surface area contributed by atoms with Crippen molar-refractivity contribution in [1.82, 2.24) is 0 Å². The number of amides is 2. The lowest BCUT2D eigenvalue weighted by atomic mass is 10.1. The second-order valence-corrected chi connectivity index (χ2v) is 7.24. The zero-order chi connectivity index (χ0) is 23.3. The molecule has 1 aliphatic rings. The Bertz CT molecular complexity index is 1050. The van der Waals surface area contributed by atoms with Gasteiger partial charge in [-0.3, -0.25) is 19.2 Å². The molecule has 9 nitrogen and oxygen atoms in total. The smallest absolute Gasteiger partial charge is 0.311 e. The minimum Gasteiger partial charge on any atom is -0.497 e. The molecule has 3 rings (SSSR count). The standard InChI is InChI=1S/C23H24N2O7/c1-14(26)15-5-4-6-17(9-15)24-21(27)13-32-23(29)16-10-22(28)25(12-16)19-11-18(30-2)7-8-20(19)31-3/h4-9,11,16H,10,12-13H2,1-3H3,(H,24,27)/t16-/m1/s1. The summed E-state index contributed by atoms with van der Waals surface area (Å²) in [4.78, 5) is 50.0. The summed E-state index contributed by atoms with van der Waals surface area (Å²) >= 11 is 0. The van der Waals surface area contributed by atoms with Crippen molar-refractivity contribution >= 4 is 34.9 Å². The number of Topliss-reactive ketones (excluding diaryl/α,β-unsaturated/α-hetero) is 1. The predicted octanol–water partition coefficient (Wildman–Crippen LogP) is 2.44. The molecular formula is C23H24N2O7. The summed E-state index contributed by atoms with van der Waals surface area (Å²) in [6.07, 6.45) is -0.0402. The maximum Gasteiger partial charge on any atom is 0.311 e. The summed E-state index contributed by atoms with van der Waals surface area (Å²) in [6.45, 7) is 1.02. The Kier molecular flexibility index (Phi) is 7.09. The number of carbonyl (C=O) groups excluding carboxylic acids is 4. The molecule has 0 spiro atoms. The van der Waals surface area contributed by atoms with Crippen LogP contribution < -0.4 is 19.7 Å². The summed E-state index contributed by atoms with van der Waals surface area (Å²) in [5.41, 5.74) is 1.37. The Morgan fingerprint density at radius 1 is 1.09 bits per heavy atom. The third kappa shape index (κ3) is 5.23. The van der Waals surface area contributed by atoms with E-state index in [0.29, 0.717) is 28.4 Å². The fourth-order valence-electron chi connectivity index (χ4n) is 3.37. The fraction of sp³-hybridized carbons (Fsp3) is 0.304. The lowest BCUT2D eigenvalue weighted by Gasteiger charge is -2.20. The zero-order valence-corrected chi connectivity index (χ0v) is 18.0. The van der Waals surface area contributed by atoms with Gasteiger partial charge in [-0.25, -0.2) is 0 Å². The highest BCUT2D eigenvalue weighted by molar-refractivity contribution is 6.01. The number of ketones is 1. The van der Waals surface area contributed by atoms with Crippen LogP contribution in [0.3, 0.4) is 0 Å². The van der Waals surface area contributed by atoms with Gasteiger partial charge in [0.05, 0.1) is 25.8 Å². The average Bonchev–Trinajstić information content (AvgIpc) is 3.18. The number of methoxy groups -OCH3 is 2. The zero-order valence-electron chi connectivity index (χ0n) is 18.0. The van der Waals surface area contributed by atoms with Crippen molar-refractivity contribution in [2.45, 2.75) is 13.3 Å². The van der Waals surface area contributed by atoms with Gasteiger partial charge in [-0.15, -0.1) is 0 Å². The monoisotopic (exact) mass is 440 g/mol. The van der Waals surface area contributed by atoms with Crippen LogP contribution in [0.2, 0.25) is 0 Å². The first-order valence-electron chi connectivity index (χ1n) is 9.92. The molecule has 1 heterocycles. The number of carbonyl (C=O) groups is 4. The van der Waals surface area contributed by atoms with Crippen molar-refractivity contribution in [2.75, 3.05) is 37.6 Å². The van der Waals surface area contributed by atoms with E-state index in [1.54, 1.807) is 36.4 Å². The molecule has 2 aromatic carbocycles. The molecule has 0 radical (unpaired) electrons. The molecule has 168 valence electrons. The highest BCUT2D eigenvalue weighted by Gasteiger charge is 2.37. The highest BCUT2D eigenvalue weighted by atomic mass is 16.5. The van der Waals surface area contributed by atoms with E-state index in [4.69, 9.17) is 14.2 Å². The average molecular weight is 440 g/mol. The van der Waals surface area contributed by atoms with Crippen LogP contribution in [0.15, 0.2) is 42.5 Å². The Balaban J connectivity index is 1.59. The number of hydrogen-bond acceptors (Lipinski definition) is 7. The summed E-state index contributed by atoms with van der Waals surface area (Å²) < 4.78 is 15.6. The van der Waals surface area contributed by atoms with Crippen LogP contribution in [-0.4, -0.2) is 50.9 Å². The van der Waals surface area contributed by atoms with Gasteiger partial charge >= 0.3 is 5.97 Å². The molecular weight excluding hydrogens is 416 g/mol. The Morgan fingerprint density at radius 3 is 2.56 bits per heavy atom. The van der Waals surface area contributed by atoms with E-state index in [0.717, 1.165) is 0 Å². The first kappa shape index (κ1) is 22.8. The van der Waals surface area contributed by atoms with Crippen LogP contribution in [0.1, 0.15) is 23.7 Å². The van der Waals surface area contributed by atoms with E-state index in [1.165, 1.54) is 32.1 Å². The third-order valence-corrected chi connectivity index (χ3v) is 5.03. The molecule has 32 heavy (non-hydrogen) atoms. The maximum absolute atomic E-state index is 12.5. The molecule has 2 aromatic rings. The quantitative estimate of drug-likeness (QED) is 0.496. The normalized spacial score (nSPS) is 15.3. The van der Waals surface area contributed by atoms with Crippen molar-refractivity contribution in [3.8, 4) is 11.5 Å². The molecule has 0 aliphatic carbocycles. The van der Waals surface area contributed by atoms with E-state index in [1.807, 2.05) is 0 Å². The van der Waals surface area contributed by atoms with Crippen LogP contribution >= 0.6 is 0 Å². The molecule has 0 bridgehead atoms. The summed E-state index contributed by atoms with van der Waals surface area (Å²) in [5, 5.41) is 2.58. The molecule has 0 saturated carbocycles. The van der Waals surface area contributed by atoms with E-state index < -0.39 is 24.4 Å². The van der Waals surface area contributed by atoms with Gasteiger partial charge in [-0.1, -0.05) is 12.1 Å². The van der Waals surface area contributed by atoms with Gasteiger partial charge in [0.1, 0.15) is 11.5 Å². The molecule has 1 saturated heterocycles. The fourth-order valence-corrected chi connectivity index (χ4v) is 3.37. The highest BCUT2D eigenvalue weighted by Crippen LogP contribution is 2.36. The predicted molar refractivity (Wildman–Crippen MR) is 116 cm³/mol. The lowest BCUT2D eigenvalue weighted by Crippen LogP contribution is -2.28. The second kappa shape index (κ2) is 9.95. The molecule has 0 unspecified atom stereocenters. The van der Waals surface area contributed by atoms with Gasteiger partial charge in [0, 0.05) is 30.3 Å². The minimum atomic E-state index is -0.716. The van der Waals surface area contributed by atoms with Crippen molar-refractivity contribution in [2.24, 2.45) is 5.92 Å². The molecule has 1 N–H and O–H groups in total. The second-order valence-electron chi connectivity index (χ2n) is 7.24. The van der Waals surface area contributed by atoms with Gasteiger partial charge in [0.2, 0.25) is 5.91 Å². The SMILES string of the molecule is COc1ccc(OC)c(N2C[C@H](C(=O)OCC(=O)Nc3cccc(C(C)=O)c3)CC2=O)c1. The Hall–Kier alpha value is -3.88. The van der Waals surface area contributed by atoms with Gasteiger partial charge in [-0.05, 0) is 31.2 Å². The number of esters is 1. The van der Waals surface area contributed by atoms with Crippen LogP contribution in [0, 0.1) is 5.92 Å². The van der Waals surface area contributed by atoms with Crippen molar-refractivity contribution in [3.05, 3.63) is 48.0 Å². The first-order chi connectivity index (χ1) is 15.3. The number of anilines is 2. The third-order valence-electron chi connectivity index (χ3n) is 5.03. The number of nitrogens with one attached hydrogen (secondary N) is 1. The van der Waals surface area contributed by atoms with E-state index in [-0.39, 0.29) is 24.7 Å². The molecule has 2 amide bonds. The number of hydrogen-bond donors (Lipinski definition) is 1. The minimum absolute atomic E-state index is 0.0402. The number of nitrogens with zero attached hydrogens (tertiary/aromatic N) is 1. The molecule has 1 fully saturated rings.